The van der Waals surface area contributed by atoms with Crippen LogP contribution >= 0.6 is 23.4 Å². The molecule has 0 saturated heterocycles. The Morgan fingerprint density at radius 1 is 1.56 bits per heavy atom. The predicted molar refractivity (Wildman–Crippen MR) is 74.3 cm³/mol. The second-order valence-electron chi connectivity index (χ2n) is 4.16. The standard InChI is InChI=1S/C12H17ClN2O2S/c1-8(2)15-10(12(16)17)5-6-18-11-4-3-9(13)7-14-11/h3-4,7-8,10,15H,5-6H2,1-2H3,(H,16,17). The summed E-state index contributed by atoms with van der Waals surface area (Å²) >= 11 is 7.26. The van der Waals surface area contributed by atoms with Crippen LogP contribution in [0.1, 0.15) is 20.3 Å². The van der Waals surface area contributed by atoms with Crippen molar-refractivity contribution in [3.05, 3.63) is 23.4 Å². The molecule has 0 amide bonds. The Morgan fingerprint density at radius 3 is 2.78 bits per heavy atom. The summed E-state index contributed by atoms with van der Waals surface area (Å²) in [5.74, 6) is -0.112. The lowest BCUT2D eigenvalue weighted by molar-refractivity contribution is -0.139. The number of hydrogen-bond donors (Lipinski definition) is 2. The second kappa shape index (κ2) is 7.61. The number of thioether (sulfide) groups is 1. The molecule has 1 aromatic rings. The van der Waals surface area contributed by atoms with Crippen LogP contribution in [0.3, 0.4) is 0 Å². The zero-order valence-corrected chi connectivity index (χ0v) is 12.0. The summed E-state index contributed by atoms with van der Waals surface area (Å²) in [6.07, 6.45) is 2.15. The molecule has 4 nitrogen and oxygen atoms in total. The Morgan fingerprint density at radius 2 is 2.28 bits per heavy atom. The number of pyridine rings is 1. The second-order valence-corrected chi connectivity index (χ2v) is 5.72. The van der Waals surface area contributed by atoms with Crippen LogP contribution in [0.5, 0.6) is 0 Å². The molecule has 0 aliphatic rings. The van der Waals surface area contributed by atoms with E-state index in [4.69, 9.17) is 16.7 Å². The molecule has 18 heavy (non-hydrogen) atoms. The number of hydrogen-bond acceptors (Lipinski definition) is 4. The molecular formula is C12H17ClN2O2S. The number of aliphatic carboxylic acids is 1. The van der Waals surface area contributed by atoms with Crippen molar-refractivity contribution in [1.82, 2.24) is 10.3 Å². The Bertz CT molecular complexity index is 384. The normalized spacial score (nSPS) is 12.7. The Kier molecular flexibility index (Phi) is 6.46. The summed E-state index contributed by atoms with van der Waals surface area (Å²) in [5, 5.41) is 13.5. The molecule has 0 fully saturated rings. The third kappa shape index (κ3) is 5.71. The van der Waals surface area contributed by atoms with Crippen molar-refractivity contribution in [1.29, 1.82) is 0 Å². The van der Waals surface area contributed by atoms with E-state index in [1.54, 1.807) is 12.3 Å². The third-order valence-corrected chi connectivity index (χ3v) is 3.39. The van der Waals surface area contributed by atoms with E-state index in [1.807, 2.05) is 19.9 Å². The van der Waals surface area contributed by atoms with Gasteiger partial charge in [0.2, 0.25) is 0 Å². The van der Waals surface area contributed by atoms with Gasteiger partial charge in [-0.05, 0) is 18.6 Å². The van der Waals surface area contributed by atoms with Crippen LogP contribution in [0, 0.1) is 0 Å². The van der Waals surface area contributed by atoms with Crippen molar-refractivity contribution in [3.63, 3.8) is 0 Å². The van der Waals surface area contributed by atoms with Crippen molar-refractivity contribution < 1.29 is 9.90 Å². The van der Waals surface area contributed by atoms with E-state index in [1.165, 1.54) is 11.8 Å². The SMILES string of the molecule is CC(C)NC(CCSc1ccc(Cl)cn1)C(=O)O. The quantitative estimate of drug-likeness (QED) is 0.755. The van der Waals surface area contributed by atoms with Gasteiger partial charge in [0.15, 0.2) is 0 Å². The van der Waals surface area contributed by atoms with Crippen LogP contribution in [0.25, 0.3) is 0 Å². The number of carbonyl (C=O) groups is 1. The number of rotatable bonds is 7. The molecule has 0 aromatic carbocycles. The molecule has 0 aliphatic carbocycles. The first-order valence-corrected chi connectivity index (χ1v) is 7.08. The van der Waals surface area contributed by atoms with Crippen molar-refractivity contribution in [2.45, 2.75) is 37.4 Å². The summed E-state index contributed by atoms with van der Waals surface area (Å²) < 4.78 is 0. The van der Waals surface area contributed by atoms with Gasteiger partial charge >= 0.3 is 5.97 Å². The van der Waals surface area contributed by atoms with Crippen LogP contribution in [0.15, 0.2) is 23.4 Å². The highest BCUT2D eigenvalue weighted by molar-refractivity contribution is 7.99. The van der Waals surface area contributed by atoms with E-state index < -0.39 is 12.0 Å². The Hall–Kier alpha value is -0.780. The molecule has 100 valence electrons. The van der Waals surface area contributed by atoms with Gasteiger partial charge in [0, 0.05) is 18.0 Å². The first-order chi connectivity index (χ1) is 8.49. The van der Waals surface area contributed by atoms with Gasteiger partial charge < -0.3 is 10.4 Å². The molecule has 1 heterocycles. The minimum Gasteiger partial charge on any atom is -0.480 e. The number of aromatic nitrogens is 1. The van der Waals surface area contributed by atoms with Crippen molar-refractivity contribution in [2.24, 2.45) is 0 Å². The first kappa shape index (κ1) is 15.3. The topological polar surface area (TPSA) is 62.2 Å². The molecule has 0 bridgehead atoms. The maximum absolute atomic E-state index is 11.0. The smallest absolute Gasteiger partial charge is 0.320 e. The van der Waals surface area contributed by atoms with Crippen LogP contribution in [-0.2, 0) is 4.79 Å². The average molecular weight is 289 g/mol. The molecule has 1 atom stereocenters. The van der Waals surface area contributed by atoms with Gasteiger partial charge in [-0.25, -0.2) is 4.98 Å². The highest BCUT2D eigenvalue weighted by Gasteiger charge is 2.17. The summed E-state index contributed by atoms with van der Waals surface area (Å²) in [5.41, 5.74) is 0. The number of nitrogens with one attached hydrogen (secondary N) is 1. The zero-order chi connectivity index (χ0) is 13.5. The lowest BCUT2D eigenvalue weighted by atomic mass is 10.2. The summed E-state index contributed by atoms with van der Waals surface area (Å²) in [6, 6.07) is 3.26. The molecule has 0 spiro atoms. The largest absolute Gasteiger partial charge is 0.480 e. The zero-order valence-electron chi connectivity index (χ0n) is 10.4. The molecule has 6 heteroatoms. The summed E-state index contributed by atoms with van der Waals surface area (Å²) in [4.78, 5) is 15.2. The number of carboxylic acid groups (broad SMARTS) is 1. The molecule has 1 rings (SSSR count). The van der Waals surface area contributed by atoms with Gasteiger partial charge in [0.1, 0.15) is 6.04 Å². The van der Waals surface area contributed by atoms with Gasteiger partial charge in [-0.15, -0.1) is 11.8 Å². The minimum atomic E-state index is -0.812. The minimum absolute atomic E-state index is 0.157. The molecule has 1 aromatic heterocycles. The van der Waals surface area contributed by atoms with E-state index in [9.17, 15) is 4.79 Å². The van der Waals surface area contributed by atoms with E-state index in [0.717, 1.165) is 5.03 Å². The molecule has 0 radical (unpaired) electrons. The van der Waals surface area contributed by atoms with Gasteiger partial charge in [-0.3, -0.25) is 4.79 Å². The van der Waals surface area contributed by atoms with E-state index in [0.29, 0.717) is 17.2 Å². The van der Waals surface area contributed by atoms with Crippen LogP contribution < -0.4 is 5.32 Å². The fraction of sp³-hybridized carbons (Fsp3) is 0.500. The van der Waals surface area contributed by atoms with E-state index >= 15 is 0 Å². The maximum Gasteiger partial charge on any atom is 0.320 e. The predicted octanol–water partition coefficient (Wildman–Crippen LogP) is 2.67. The van der Waals surface area contributed by atoms with Crippen molar-refractivity contribution in [3.8, 4) is 0 Å². The monoisotopic (exact) mass is 288 g/mol. The van der Waals surface area contributed by atoms with Crippen LogP contribution in [0.4, 0.5) is 0 Å². The maximum atomic E-state index is 11.0. The highest BCUT2D eigenvalue weighted by atomic mass is 35.5. The molecule has 2 N–H and O–H groups in total. The number of nitrogens with zero attached hydrogens (tertiary/aromatic N) is 1. The van der Waals surface area contributed by atoms with E-state index in [-0.39, 0.29) is 6.04 Å². The van der Waals surface area contributed by atoms with Crippen molar-refractivity contribution in [2.75, 3.05) is 5.75 Å². The number of carboxylic acids is 1. The summed E-state index contributed by atoms with van der Waals surface area (Å²) in [7, 11) is 0. The van der Waals surface area contributed by atoms with Gasteiger partial charge in [0.05, 0.1) is 10.0 Å². The van der Waals surface area contributed by atoms with Gasteiger partial charge in [0.25, 0.3) is 0 Å². The Balaban J connectivity index is 2.38. The van der Waals surface area contributed by atoms with Crippen LogP contribution in [-0.4, -0.2) is 33.9 Å². The lowest BCUT2D eigenvalue weighted by Gasteiger charge is -2.16. The molecule has 1 unspecified atom stereocenters. The lowest BCUT2D eigenvalue weighted by Crippen LogP contribution is -2.41. The van der Waals surface area contributed by atoms with Gasteiger partial charge in [-0.2, -0.15) is 0 Å². The fourth-order valence-corrected chi connectivity index (χ4v) is 2.38. The Labute approximate surface area is 116 Å². The highest BCUT2D eigenvalue weighted by Crippen LogP contribution is 2.18. The molecular weight excluding hydrogens is 272 g/mol. The average Bonchev–Trinajstić information content (AvgIpc) is 2.29. The molecule has 0 aliphatic heterocycles. The van der Waals surface area contributed by atoms with Crippen LogP contribution in [0.2, 0.25) is 5.02 Å². The summed E-state index contributed by atoms with van der Waals surface area (Å²) in [6.45, 7) is 3.87. The third-order valence-electron chi connectivity index (χ3n) is 2.19. The van der Waals surface area contributed by atoms with Gasteiger partial charge in [-0.1, -0.05) is 25.4 Å². The van der Waals surface area contributed by atoms with Crippen molar-refractivity contribution >= 4 is 29.3 Å². The fourth-order valence-electron chi connectivity index (χ4n) is 1.41. The first-order valence-electron chi connectivity index (χ1n) is 5.72. The molecule has 0 saturated carbocycles. The number of halogens is 1. The van der Waals surface area contributed by atoms with E-state index in [2.05, 4.69) is 10.3 Å².